The fourth-order valence-electron chi connectivity index (χ4n) is 2.95. The third-order valence-electron chi connectivity index (χ3n) is 4.33. The first-order chi connectivity index (χ1) is 11.5. The molecule has 1 amide bonds. The number of carbonyl (C=O) groups is 1. The molecule has 0 radical (unpaired) electrons. The van der Waals surface area contributed by atoms with Crippen LogP contribution in [-0.4, -0.2) is 37.6 Å². The molecule has 0 aromatic heterocycles. The van der Waals surface area contributed by atoms with Crippen molar-refractivity contribution in [2.24, 2.45) is 0 Å². The topological polar surface area (TPSA) is 54.5 Å². The highest BCUT2D eigenvalue weighted by Crippen LogP contribution is 2.25. The number of benzene rings is 2. The van der Waals surface area contributed by atoms with Gasteiger partial charge in [-0.05, 0) is 71.8 Å². The minimum absolute atomic E-state index is 0.0260. The number of nitrogens with zero attached hydrogens (tertiary/aromatic N) is 1. The van der Waals surface area contributed by atoms with Gasteiger partial charge in [-0.15, -0.1) is 0 Å². The highest BCUT2D eigenvalue weighted by atomic mass is 127. The van der Waals surface area contributed by atoms with Crippen molar-refractivity contribution in [1.82, 2.24) is 4.90 Å². The van der Waals surface area contributed by atoms with Crippen LogP contribution in [0.25, 0.3) is 0 Å². The van der Waals surface area contributed by atoms with Crippen molar-refractivity contribution in [3.8, 4) is 0 Å². The predicted octanol–water partition coefficient (Wildman–Crippen LogP) is 3.37. The molecule has 0 N–H and O–H groups in total. The monoisotopic (exact) mass is 455 g/mol. The van der Waals surface area contributed by atoms with Crippen LogP contribution in [0.3, 0.4) is 0 Å². The molecule has 1 saturated heterocycles. The van der Waals surface area contributed by atoms with Crippen molar-refractivity contribution >= 4 is 38.3 Å². The van der Waals surface area contributed by atoms with E-state index in [1.807, 2.05) is 24.3 Å². The molecule has 1 heterocycles. The molecule has 0 bridgehead atoms. The molecule has 0 unspecified atom stereocenters. The summed E-state index contributed by atoms with van der Waals surface area (Å²) in [5, 5.41) is -0.416. The standard InChI is InChI=1S/C18H18INO3S/c19-15-8-6-14(7-9-15)18(21)20-12-10-17(11-13-20)24(22,23)16-4-2-1-3-5-16/h1-9,17H,10-13H2. The summed E-state index contributed by atoms with van der Waals surface area (Å²) in [6.45, 7) is 0.948. The van der Waals surface area contributed by atoms with Crippen LogP contribution >= 0.6 is 22.6 Å². The summed E-state index contributed by atoms with van der Waals surface area (Å²) in [7, 11) is -3.32. The molecular weight excluding hydrogens is 437 g/mol. The van der Waals surface area contributed by atoms with Gasteiger partial charge in [0, 0.05) is 22.2 Å². The minimum atomic E-state index is -3.32. The number of halogens is 1. The Balaban J connectivity index is 1.67. The summed E-state index contributed by atoms with van der Waals surface area (Å²) >= 11 is 2.20. The van der Waals surface area contributed by atoms with Crippen LogP contribution in [0, 0.1) is 3.57 Å². The first-order valence-corrected chi connectivity index (χ1v) is 10.4. The molecule has 6 heteroatoms. The molecule has 0 spiro atoms. The third-order valence-corrected chi connectivity index (χ3v) is 7.33. The quantitative estimate of drug-likeness (QED) is 0.668. The number of hydrogen-bond acceptors (Lipinski definition) is 3. The molecule has 4 nitrogen and oxygen atoms in total. The van der Waals surface area contributed by atoms with Gasteiger partial charge in [0.25, 0.3) is 5.91 Å². The summed E-state index contributed by atoms with van der Waals surface area (Å²) in [5.41, 5.74) is 0.653. The van der Waals surface area contributed by atoms with Crippen LogP contribution in [-0.2, 0) is 9.84 Å². The lowest BCUT2D eigenvalue weighted by Gasteiger charge is -2.31. The van der Waals surface area contributed by atoms with E-state index in [-0.39, 0.29) is 5.91 Å². The van der Waals surface area contributed by atoms with Gasteiger partial charge in [0.05, 0.1) is 10.1 Å². The number of rotatable bonds is 3. The van der Waals surface area contributed by atoms with Gasteiger partial charge >= 0.3 is 0 Å². The molecule has 0 saturated carbocycles. The molecule has 2 aromatic carbocycles. The summed E-state index contributed by atoms with van der Waals surface area (Å²) in [6, 6.07) is 16.0. The molecule has 1 fully saturated rings. The fourth-order valence-corrected chi connectivity index (χ4v) is 5.06. The van der Waals surface area contributed by atoms with E-state index in [4.69, 9.17) is 0 Å². The maximum atomic E-state index is 12.7. The van der Waals surface area contributed by atoms with Crippen LogP contribution < -0.4 is 0 Å². The molecule has 3 rings (SSSR count). The van der Waals surface area contributed by atoms with Crippen molar-refractivity contribution in [2.75, 3.05) is 13.1 Å². The molecule has 0 aliphatic carbocycles. The van der Waals surface area contributed by atoms with E-state index < -0.39 is 15.1 Å². The predicted molar refractivity (Wildman–Crippen MR) is 102 cm³/mol. The normalized spacial score (nSPS) is 16.1. The average molecular weight is 455 g/mol. The van der Waals surface area contributed by atoms with Gasteiger partial charge in [-0.25, -0.2) is 8.42 Å². The SMILES string of the molecule is O=C(c1ccc(I)cc1)N1CCC(S(=O)(=O)c2ccccc2)CC1. The highest BCUT2D eigenvalue weighted by Gasteiger charge is 2.32. The maximum absolute atomic E-state index is 12.7. The van der Waals surface area contributed by atoms with Crippen molar-refractivity contribution < 1.29 is 13.2 Å². The maximum Gasteiger partial charge on any atom is 0.253 e. The largest absolute Gasteiger partial charge is 0.339 e. The first-order valence-electron chi connectivity index (χ1n) is 7.82. The lowest BCUT2D eigenvalue weighted by molar-refractivity contribution is 0.0725. The van der Waals surface area contributed by atoms with Gasteiger partial charge in [0.1, 0.15) is 0 Å². The van der Waals surface area contributed by atoms with Crippen molar-refractivity contribution in [1.29, 1.82) is 0 Å². The zero-order chi connectivity index (χ0) is 17.2. The zero-order valence-corrected chi connectivity index (χ0v) is 16.0. The van der Waals surface area contributed by atoms with Crippen LogP contribution in [0.4, 0.5) is 0 Å². The van der Waals surface area contributed by atoms with Gasteiger partial charge in [-0.3, -0.25) is 4.79 Å². The molecule has 24 heavy (non-hydrogen) atoms. The van der Waals surface area contributed by atoms with E-state index in [1.54, 1.807) is 35.2 Å². The Labute approximate surface area is 155 Å². The van der Waals surface area contributed by atoms with E-state index >= 15 is 0 Å². The number of likely N-dealkylation sites (tertiary alicyclic amines) is 1. The smallest absolute Gasteiger partial charge is 0.253 e. The Hall–Kier alpha value is -1.41. The van der Waals surface area contributed by atoms with Gasteiger partial charge < -0.3 is 4.90 Å². The Kier molecular flexibility index (Phi) is 5.24. The van der Waals surface area contributed by atoms with E-state index in [9.17, 15) is 13.2 Å². The highest BCUT2D eigenvalue weighted by molar-refractivity contribution is 14.1. The first kappa shape index (κ1) is 17.4. The third kappa shape index (κ3) is 3.64. The van der Waals surface area contributed by atoms with Crippen molar-refractivity contribution in [2.45, 2.75) is 23.0 Å². The fraction of sp³-hybridized carbons (Fsp3) is 0.278. The van der Waals surface area contributed by atoms with Gasteiger partial charge in [-0.2, -0.15) is 0 Å². The molecule has 0 atom stereocenters. The number of amides is 1. The number of piperidine rings is 1. The van der Waals surface area contributed by atoms with Crippen LogP contribution in [0.15, 0.2) is 59.5 Å². The Morgan fingerprint density at radius 1 is 0.958 bits per heavy atom. The van der Waals surface area contributed by atoms with Crippen molar-refractivity contribution in [3.63, 3.8) is 0 Å². The molecule has 1 aliphatic rings. The van der Waals surface area contributed by atoms with E-state index in [1.165, 1.54) is 0 Å². The van der Waals surface area contributed by atoms with E-state index in [0.29, 0.717) is 36.4 Å². The second-order valence-electron chi connectivity index (χ2n) is 5.86. The molecule has 2 aromatic rings. The van der Waals surface area contributed by atoms with Crippen LogP contribution in [0.1, 0.15) is 23.2 Å². The van der Waals surface area contributed by atoms with Gasteiger partial charge in [-0.1, -0.05) is 18.2 Å². The Morgan fingerprint density at radius 3 is 2.12 bits per heavy atom. The second-order valence-corrected chi connectivity index (χ2v) is 9.33. The summed E-state index contributed by atoms with van der Waals surface area (Å²) in [4.78, 5) is 14.6. The van der Waals surface area contributed by atoms with E-state index in [0.717, 1.165) is 3.57 Å². The Bertz CT molecular complexity index is 811. The summed E-state index contributed by atoms with van der Waals surface area (Å²) in [6.07, 6.45) is 0.959. The van der Waals surface area contributed by atoms with Gasteiger partial charge in [0.2, 0.25) is 0 Å². The zero-order valence-electron chi connectivity index (χ0n) is 13.1. The molecule has 1 aliphatic heterocycles. The van der Waals surface area contributed by atoms with Crippen LogP contribution in [0.5, 0.6) is 0 Å². The number of sulfone groups is 1. The summed E-state index contributed by atoms with van der Waals surface area (Å²) in [5.74, 6) is -0.0260. The lowest BCUT2D eigenvalue weighted by atomic mass is 10.1. The molecular formula is C18H18INO3S. The minimum Gasteiger partial charge on any atom is -0.339 e. The summed E-state index contributed by atoms with van der Waals surface area (Å²) < 4.78 is 26.4. The van der Waals surface area contributed by atoms with E-state index in [2.05, 4.69) is 22.6 Å². The Morgan fingerprint density at radius 2 is 1.54 bits per heavy atom. The molecule has 126 valence electrons. The number of carbonyl (C=O) groups excluding carboxylic acids is 1. The van der Waals surface area contributed by atoms with Gasteiger partial charge in [0.15, 0.2) is 9.84 Å². The second kappa shape index (κ2) is 7.23. The van der Waals surface area contributed by atoms with Crippen LogP contribution in [0.2, 0.25) is 0 Å². The van der Waals surface area contributed by atoms with Crippen molar-refractivity contribution in [3.05, 3.63) is 63.7 Å². The average Bonchev–Trinajstić information content (AvgIpc) is 2.62. The lowest BCUT2D eigenvalue weighted by Crippen LogP contribution is -2.42. The number of hydrogen-bond donors (Lipinski definition) is 0.